The Morgan fingerprint density at radius 2 is 1.91 bits per heavy atom. The Morgan fingerprint density at radius 1 is 1.32 bits per heavy atom. The average molecular weight is 419 g/mol. The maximum Gasteiger partial charge on any atom is 0.421 e. The van der Waals surface area contributed by atoms with Crippen molar-refractivity contribution in [3.8, 4) is 0 Å². The van der Waals surface area contributed by atoms with Crippen molar-refractivity contribution in [2.45, 2.75) is 17.8 Å². The first kappa shape index (κ1) is 29.9. The van der Waals surface area contributed by atoms with Gasteiger partial charge in [-0.15, -0.1) is 6.54 Å². The Hall–Kier alpha value is 0.00390. The predicted octanol–water partition coefficient (Wildman–Crippen LogP) is 1.82. The zero-order chi connectivity index (χ0) is 13.6. The molecule has 1 aromatic heterocycles. The van der Waals surface area contributed by atoms with Crippen molar-refractivity contribution in [3.63, 3.8) is 0 Å². The summed E-state index contributed by atoms with van der Waals surface area (Å²) in [5.74, 6) is -0.169. The number of rotatable bonds is 6. The Balaban J connectivity index is -0.000000405. The summed E-state index contributed by atoms with van der Waals surface area (Å²) in [7, 11) is 1.66. The smallest absolute Gasteiger partial charge is 0.421 e. The Labute approximate surface area is 157 Å². The van der Waals surface area contributed by atoms with Crippen LogP contribution in [0.25, 0.3) is 5.32 Å². The van der Waals surface area contributed by atoms with E-state index in [1.165, 1.54) is 11.8 Å². The van der Waals surface area contributed by atoms with Gasteiger partial charge in [0.05, 0.1) is 0 Å². The van der Waals surface area contributed by atoms with Crippen LogP contribution in [0.5, 0.6) is 0 Å². The van der Waals surface area contributed by atoms with E-state index in [1.807, 2.05) is 0 Å². The number of halogens is 3. The molecule has 0 spiro atoms. The number of thioether (sulfide) groups is 1. The van der Waals surface area contributed by atoms with E-state index < -0.39 is 11.7 Å². The van der Waals surface area contributed by atoms with E-state index in [0.717, 1.165) is 6.20 Å². The Bertz CT molecular complexity index is 400. The number of alkyl halides is 3. The molecule has 0 aromatic carbocycles. The van der Waals surface area contributed by atoms with Gasteiger partial charge in [-0.05, 0) is 6.26 Å². The number of hydrogen-bond acceptors (Lipinski definition) is 4. The molecule has 0 aliphatic carbocycles. The molecule has 1 aromatic rings. The maximum atomic E-state index is 12.7. The van der Waals surface area contributed by atoms with Gasteiger partial charge in [-0.2, -0.15) is 20.2 Å². The SMILES string of the molecule is C[N-]CCCNc1nc(SC)ncc1C(F)(F)F.O.O.[CH3-].[Y]. The average Bonchev–Trinajstić information content (AvgIpc) is 2.33. The van der Waals surface area contributed by atoms with Crippen LogP contribution < -0.4 is 5.32 Å². The van der Waals surface area contributed by atoms with Gasteiger partial charge in [0.15, 0.2) is 5.16 Å². The molecule has 0 aliphatic rings. The van der Waals surface area contributed by atoms with Gasteiger partial charge in [0.2, 0.25) is 0 Å². The first-order valence-electron chi connectivity index (χ1n) is 5.26. The third kappa shape index (κ3) is 9.91. The first-order chi connectivity index (χ1) is 8.49. The Morgan fingerprint density at radius 3 is 2.36 bits per heavy atom. The van der Waals surface area contributed by atoms with Crippen LogP contribution in [0.3, 0.4) is 0 Å². The zero-order valence-corrected chi connectivity index (χ0v) is 16.3. The van der Waals surface area contributed by atoms with E-state index in [-0.39, 0.29) is 56.9 Å². The van der Waals surface area contributed by atoms with Gasteiger partial charge in [0.25, 0.3) is 0 Å². The van der Waals surface area contributed by atoms with Crippen molar-refractivity contribution < 1.29 is 56.8 Å². The summed E-state index contributed by atoms with van der Waals surface area (Å²) < 4.78 is 38.1. The molecule has 0 bridgehead atoms. The fourth-order valence-corrected chi connectivity index (χ4v) is 1.59. The van der Waals surface area contributed by atoms with Crippen molar-refractivity contribution in [1.82, 2.24) is 9.97 Å². The summed E-state index contributed by atoms with van der Waals surface area (Å²) in [6.45, 7) is 1.00. The molecular weight excluding hydrogens is 398 g/mol. The van der Waals surface area contributed by atoms with Crippen molar-refractivity contribution in [2.24, 2.45) is 0 Å². The molecule has 0 amide bonds. The molecule has 6 nitrogen and oxygen atoms in total. The second kappa shape index (κ2) is 14.6. The molecule has 22 heavy (non-hydrogen) atoms. The zero-order valence-electron chi connectivity index (χ0n) is 12.7. The minimum atomic E-state index is -4.45. The minimum absolute atomic E-state index is 0. The minimum Gasteiger partial charge on any atom is -0.665 e. The van der Waals surface area contributed by atoms with Gasteiger partial charge in [-0.1, -0.05) is 18.2 Å². The molecule has 0 aliphatic heterocycles. The molecule has 1 heterocycles. The number of hydrogen-bond donors (Lipinski definition) is 1. The van der Waals surface area contributed by atoms with Crippen LogP contribution in [-0.2, 0) is 38.9 Å². The third-order valence-electron chi connectivity index (χ3n) is 2.11. The standard InChI is InChI=1S/C10H14F3N4S.CH3.2H2O.Y/c1-14-4-3-5-15-8-7(10(11,12)13)6-16-9(17-8)18-2;;;;/h6H,3-5H2,1-2H3,(H,15,16,17);1H3;2*1H2;/q2*-1;;;. The number of nitrogens with one attached hydrogen (secondary N) is 1. The third-order valence-corrected chi connectivity index (χ3v) is 2.67. The number of nitrogens with zero attached hydrogens (tertiary/aromatic N) is 3. The quantitative estimate of drug-likeness (QED) is 0.328. The van der Waals surface area contributed by atoms with E-state index >= 15 is 0 Å². The van der Waals surface area contributed by atoms with Gasteiger partial charge >= 0.3 is 6.18 Å². The van der Waals surface area contributed by atoms with Gasteiger partial charge in [-0.25, -0.2) is 9.97 Å². The van der Waals surface area contributed by atoms with Gasteiger partial charge in [0.1, 0.15) is 11.4 Å². The van der Waals surface area contributed by atoms with Crippen molar-refractivity contribution >= 4 is 17.6 Å². The largest absolute Gasteiger partial charge is 0.665 e. The van der Waals surface area contributed by atoms with Gasteiger partial charge in [0, 0.05) is 45.5 Å². The van der Waals surface area contributed by atoms with E-state index in [9.17, 15) is 13.2 Å². The van der Waals surface area contributed by atoms with Crippen molar-refractivity contribution in [1.29, 1.82) is 0 Å². The predicted molar refractivity (Wildman–Crippen MR) is 79.7 cm³/mol. The van der Waals surface area contributed by atoms with Crippen LogP contribution in [-0.4, -0.2) is 47.3 Å². The topological polar surface area (TPSA) is 115 Å². The van der Waals surface area contributed by atoms with E-state index in [0.29, 0.717) is 24.7 Å². The molecule has 5 N–H and O–H groups in total. The molecule has 0 saturated carbocycles. The number of anilines is 1. The van der Waals surface area contributed by atoms with Crippen LogP contribution in [0.2, 0.25) is 0 Å². The summed E-state index contributed by atoms with van der Waals surface area (Å²) in [6, 6.07) is 0. The molecule has 0 saturated heterocycles. The van der Waals surface area contributed by atoms with Crippen LogP contribution in [0.4, 0.5) is 19.0 Å². The molecular formula is C11H21F3N4O2SY-2. The van der Waals surface area contributed by atoms with Crippen molar-refractivity contribution in [3.05, 3.63) is 24.5 Å². The van der Waals surface area contributed by atoms with Gasteiger partial charge < -0.3 is 29.0 Å². The fourth-order valence-electron chi connectivity index (χ4n) is 1.25. The molecule has 1 rings (SSSR count). The maximum absolute atomic E-state index is 12.7. The molecule has 0 atom stereocenters. The molecule has 11 heteroatoms. The molecule has 129 valence electrons. The van der Waals surface area contributed by atoms with Crippen molar-refractivity contribution in [2.75, 3.05) is 31.7 Å². The second-order valence-electron chi connectivity index (χ2n) is 3.44. The normalized spacial score (nSPS) is 9.50. The Kier molecular flexibility index (Phi) is 19.9. The monoisotopic (exact) mass is 419 g/mol. The van der Waals surface area contributed by atoms with Crippen LogP contribution in [0.15, 0.2) is 11.4 Å². The van der Waals surface area contributed by atoms with Crippen LogP contribution in [0, 0.1) is 7.43 Å². The molecule has 0 unspecified atom stereocenters. The summed E-state index contributed by atoms with van der Waals surface area (Å²) in [5, 5.41) is 6.87. The molecule has 1 radical (unpaired) electrons. The summed E-state index contributed by atoms with van der Waals surface area (Å²) in [6.07, 6.45) is -1.27. The van der Waals surface area contributed by atoms with Crippen LogP contribution in [0.1, 0.15) is 12.0 Å². The van der Waals surface area contributed by atoms with E-state index in [4.69, 9.17) is 0 Å². The van der Waals surface area contributed by atoms with Gasteiger partial charge in [-0.3, -0.25) is 0 Å². The van der Waals surface area contributed by atoms with E-state index in [2.05, 4.69) is 20.6 Å². The first-order valence-corrected chi connectivity index (χ1v) is 6.49. The second-order valence-corrected chi connectivity index (χ2v) is 4.21. The summed E-state index contributed by atoms with van der Waals surface area (Å²) >= 11 is 1.20. The fraction of sp³-hybridized carbons (Fsp3) is 0.545. The summed E-state index contributed by atoms with van der Waals surface area (Å²) in [4.78, 5) is 7.49. The number of aromatic nitrogens is 2. The van der Waals surface area contributed by atoms with Crippen LogP contribution >= 0.6 is 11.8 Å². The molecule has 0 fully saturated rings. The summed E-state index contributed by atoms with van der Waals surface area (Å²) in [5.41, 5.74) is -0.839. The van der Waals surface area contributed by atoms with E-state index in [1.54, 1.807) is 13.3 Å².